The number of nitrogens with zero attached hydrogens (tertiary/aromatic N) is 2. The zero-order chi connectivity index (χ0) is 29.0. The number of rotatable bonds is 6. The largest absolute Gasteiger partial charge is 0.489 e. The zero-order valence-electron chi connectivity index (χ0n) is 22.5. The number of esters is 1. The number of fused-ring (bicyclic) bond motifs is 1. The topological polar surface area (TPSA) is 142 Å². The Balaban J connectivity index is 1.28. The lowest BCUT2D eigenvalue weighted by Gasteiger charge is -2.36. The molecule has 2 amide bonds. The van der Waals surface area contributed by atoms with Crippen molar-refractivity contribution in [2.75, 3.05) is 31.8 Å². The number of benzene rings is 2. The maximum absolute atomic E-state index is 13.3. The first kappa shape index (κ1) is 27.6. The van der Waals surface area contributed by atoms with Crippen molar-refractivity contribution >= 4 is 23.5 Å². The third-order valence-electron chi connectivity index (χ3n) is 6.38. The molecule has 1 saturated heterocycles. The fraction of sp³-hybridized carbons (Fsp3) is 0.267. The number of nitrogens with one attached hydrogen (secondary N) is 1. The summed E-state index contributed by atoms with van der Waals surface area (Å²) in [5.74, 6) is 5.95. The van der Waals surface area contributed by atoms with Gasteiger partial charge in [-0.1, -0.05) is 24.1 Å². The molecule has 2 aromatic carbocycles. The van der Waals surface area contributed by atoms with E-state index in [0.717, 1.165) is 0 Å². The number of pyridine rings is 1. The third kappa shape index (κ3) is 6.30. The number of anilines is 1. The van der Waals surface area contributed by atoms with Gasteiger partial charge in [0.05, 0.1) is 5.69 Å². The summed E-state index contributed by atoms with van der Waals surface area (Å²) in [6.45, 7) is 1.73. The predicted octanol–water partition coefficient (Wildman–Crippen LogP) is 2.04. The van der Waals surface area contributed by atoms with Gasteiger partial charge in [0.15, 0.2) is 0 Å². The molecule has 0 aliphatic carbocycles. The van der Waals surface area contributed by atoms with Gasteiger partial charge < -0.3 is 34.9 Å². The lowest BCUT2D eigenvalue weighted by molar-refractivity contribution is -0.193. The van der Waals surface area contributed by atoms with Gasteiger partial charge in [0.1, 0.15) is 54.8 Å². The molecule has 2 atom stereocenters. The Labute approximate surface area is 236 Å². The highest BCUT2D eigenvalue weighted by Crippen LogP contribution is 2.32. The van der Waals surface area contributed by atoms with Crippen molar-refractivity contribution in [1.82, 2.24) is 10.3 Å². The fourth-order valence-corrected chi connectivity index (χ4v) is 4.05. The first-order valence-electron chi connectivity index (χ1n) is 12.9. The average molecular weight is 557 g/mol. The minimum atomic E-state index is -1.07. The number of hydrogen-bond donors (Lipinski definition) is 2. The normalized spacial score (nSPS) is 17.8. The number of nitrogens with two attached hydrogens (primary N) is 1. The van der Waals surface area contributed by atoms with Crippen LogP contribution in [-0.4, -0.2) is 67.3 Å². The molecule has 11 nitrogen and oxygen atoms in total. The summed E-state index contributed by atoms with van der Waals surface area (Å²) in [4.78, 5) is 43.8. The molecule has 210 valence electrons. The average Bonchev–Trinajstić information content (AvgIpc) is 3.06. The molecule has 11 heteroatoms. The van der Waals surface area contributed by atoms with Gasteiger partial charge in [-0.05, 0) is 49.2 Å². The van der Waals surface area contributed by atoms with Crippen molar-refractivity contribution in [2.45, 2.75) is 24.6 Å². The Morgan fingerprint density at radius 2 is 1.93 bits per heavy atom. The molecule has 0 saturated carbocycles. The van der Waals surface area contributed by atoms with Crippen LogP contribution in [0.15, 0.2) is 66.9 Å². The number of aromatic nitrogens is 1. The molecular weight excluding hydrogens is 528 g/mol. The molecule has 1 unspecified atom stereocenters. The van der Waals surface area contributed by atoms with E-state index in [-0.39, 0.29) is 31.4 Å². The van der Waals surface area contributed by atoms with Crippen LogP contribution in [0.3, 0.4) is 0 Å². The summed E-state index contributed by atoms with van der Waals surface area (Å²) in [6.07, 6.45) is 1.46. The molecule has 41 heavy (non-hydrogen) atoms. The van der Waals surface area contributed by atoms with E-state index in [4.69, 9.17) is 24.7 Å². The van der Waals surface area contributed by atoms with E-state index < -0.39 is 29.6 Å². The van der Waals surface area contributed by atoms with Crippen molar-refractivity contribution in [3.8, 4) is 29.1 Å². The molecule has 1 fully saturated rings. The first-order valence-corrected chi connectivity index (χ1v) is 12.9. The van der Waals surface area contributed by atoms with Gasteiger partial charge in [0, 0.05) is 24.9 Å². The van der Waals surface area contributed by atoms with Crippen molar-refractivity contribution in [1.29, 1.82) is 0 Å². The molecule has 0 radical (unpaired) electrons. The van der Waals surface area contributed by atoms with Crippen LogP contribution < -0.4 is 25.4 Å². The molecular formula is C30H28N4O7. The highest BCUT2D eigenvalue weighted by molar-refractivity contribution is 6.03. The Hall–Kier alpha value is -4.92. The lowest BCUT2D eigenvalue weighted by atomic mass is 10.0. The summed E-state index contributed by atoms with van der Waals surface area (Å²) in [6, 6.07) is 15.6. The number of ether oxygens (including phenoxy) is 4. The predicted molar refractivity (Wildman–Crippen MR) is 148 cm³/mol. The molecule has 2 aliphatic rings. The second-order valence-electron chi connectivity index (χ2n) is 9.66. The van der Waals surface area contributed by atoms with E-state index >= 15 is 0 Å². The van der Waals surface area contributed by atoms with Crippen LogP contribution in [0.5, 0.6) is 17.2 Å². The van der Waals surface area contributed by atoms with E-state index in [1.807, 2.05) is 18.2 Å². The van der Waals surface area contributed by atoms with E-state index in [9.17, 15) is 14.4 Å². The second kappa shape index (κ2) is 11.7. The minimum Gasteiger partial charge on any atom is -0.489 e. The molecule has 2 aliphatic heterocycles. The van der Waals surface area contributed by atoms with Gasteiger partial charge in [0.2, 0.25) is 5.60 Å². The zero-order valence-corrected chi connectivity index (χ0v) is 22.5. The Morgan fingerprint density at radius 3 is 2.63 bits per heavy atom. The SMILES string of the molecule is CC(N)C(=O)OC1(C#Cc2ccc3c(c2)N(C)C(=O)[C@@H](NC(=O)c2cc(Oc4ccccc4)ccn2)CO3)COC1. The molecule has 1 aromatic heterocycles. The number of amides is 2. The van der Waals surface area contributed by atoms with Crippen molar-refractivity contribution in [3.63, 3.8) is 0 Å². The number of carbonyl (C=O) groups excluding carboxylic acids is 3. The number of para-hydroxylation sites is 1. The molecule has 5 rings (SSSR count). The van der Waals surface area contributed by atoms with E-state index in [1.165, 1.54) is 24.1 Å². The van der Waals surface area contributed by atoms with Gasteiger partial charge in [0.25, 0.3) is 11.8 Å². The Kier molecular flexibility index (Phi) is 7.87. The molecule has 0 bridgehead atoms. The maximum Gasteiger partial charge on any atom is 0.324 e. The summed E-state index contributed by atoms with van der Waals surface area (Å²) in [7, 11) is 1.59. The monoisotopic (exact) mass is 556 g/mol. The summed E-state index contributed by atoms with van der Waals surface area (Å²) < 4.78 is 22.3. The van der Waals surface area contributed by atoms with Crippen molar-refractivity contribution < 1.29 is 33.3 Å². The Bertz CT molecular complexity index is 1530. The second-order valence-corrected chi connectivity index (χ2v) is 9.66. The minimum absolute atomic E-state index is 0.0825. The van der Waals surface area contributed by atoms with Gasteiger partial charge in [-0.15, -0.1) is 0 Å². The van der Waals surface area contributed by atoms with Gasteiger partial charge in [-0.25, -0.2) is 0 Å². The molecule has 3 aromatic rings. The summed E-state index contributed by atoms with van der Waals surface area (Å²) in [5, 5.41) is 2.71. The summed E-state index contributed by atoms with van der Waals surface area (Å²) in [5.41, 5.74) is 5.67. The molecule has 3 N–H and O–H groups in total. The lowest BCUT2D eigenvalue weighted by Crippen LogP contribution is -2.53. The van der Waals surface area contributed by atoms with Crippen LogP contribution in [0.2, 0.25) is 0 Å². The van der Waals surface area contributed by atoms with Crippen LogP contribution in [-0.2, 0) is 19.1 Å². The van der Waals surface area contributed by atoms with Crippen LogP contribution in [0.1, 0.15) is 23.0 Å². The fourth-order valence-electron chi connectivity index (χ4n) is 4.05. The highest BCUT2D eigenvalue weighted by Gasteiger charge is 2.42. The quantitative estimate of drug-likeness (QED) is 0.344. The Morgan fingerprint density at radius 1 is 1.15 bits per heavy atom. The van der Waals surface area contributed by atoms with Gasteiger partial charge >= 0.3 is 5.97 Å². The standard InChI is InChI=1S/C30H28N4O7/c1-19(31)29(37)41-30(17-38-18-30)12-10-20-8-9-26-25(14-20)34(2)28(36)24(16-39-26)33-27(35)23-15-22(11-13-32-23)40-21-6-4-3-5-7-21/h3-9,11,13-15,19,24H,16-18,31H2,1-2H3,(H,33,35)/t19?,24-/m0/s1. The molecule has 0 spiro atoms. The van der Waals surface area contributed by atoms with Gasteiger partial charge in [-0.3, -0.25) is 19.4 Å². The molecule has 3 heterocycles. The number of hydrogen-bond acceptors (Lipinski definition) is 9. The van der Waals surface area contributed by atoms with E-state index in [2.05, 4.69) is 22.1 Å². The van der Waals surface area contributed by atoms with Crippen LogP contribution in [0, 0.1) is 11.8 Å². The van der Waals surface area contributed by atoms with E-state index in [0.29, 0.717) is 28.5 Å². The summed E-state index contributed by atoms with van der Waals surface area (Å²) >= 11 is 0. The smallest absolute Gasteiger partial charge is 0.324 e. The van der Waals surface area contributed by atoms with Crippen molar-refractivity contribution in [2.24, 2.45) is 5.73 Å². The van der Waals surface area contributed by atoms with Crippen LogP contribution in [0.4, 0.5) is 5.69 Å². The van der Waals surface area contributed by atoms with Crippen LogP contribution >= 0.6 is 0 Å². The number of carbonyl (C=O) groups is 3. The number of likely N-dealkylation sites (N-methyl/N-ethyl adjacent to an activating group) is 1. The van der Waals surface area contributed by atoms with Gasteiger partial charge in [-0.2, -0.15) is 0 Å². The highest BCUT2D eigenvalue weighted by atomic mass is 16.6. The van der Waals surface area contributed by atoms with Crippen LogP contribution in [0.25, 0.3) is 0 Å². The van der Waals surface area contributed by atoms with E-state index in [1.54, 1.807) is 43.4 Å². The third-order valence-corrected chi connectivity index (χ3v) is 6.38. The van der Waals surface area contributed by atoms with Crippen molar-refractivity contribution in [3.05, 3.63) is 78.1 Å². The maximum atomic E-state index is 13.3. The first-order chi connectivity index (χ1) is 19.7.